The molecule has 17 heteroatoms. The van der Waals surface area contributed by atoms with Crippen molar-refractivity contribution in [1.82, 2.24) is 0 Å². The second-order valence-electron chi connectivity index (χ2n) is 0. The molecule has 0 saturated carbocycles. The van der Waals surface area contributed by atoms with Crippen LogP contribution < -0.4 is 37.7 Å². The molecule has 0 aromatic rings. The number of rotatable bonds is 0. The molecule has 0 amide bonds. The van der Waals surface area contributed by atoms with Crippen molar-refractivity contribution in [3.05, 3.63) is 0 Å². The predicted molar refractivity (Wildman–Crippen MR) is 6.18 cm³/mol. The number of hydrogen-bond acceptors (Lipinski definition) is 0. The molecule has 0 atom stereocenters. The van der Waals surface area contributed by atoms with Gasteiger partial charge in [0.1, 0.15) is 0 Å². The summed E-state index contributed by atoms with van der Waals surface area (Å²) in [6, 6.07) is 0. The Morgan fingerprint density at radius 1 is 0.294 bits per heavy atom. The van der Waals surface area contributed by atoms with E-state index in [0.29, 0.717) is 0 Å². The predicted octanol–water partition coefficient (Wildman–Crippen LogP) is -7.08. The van der Waals surface area contributed by atoms with Gasteiger partial charge < -0.3 is 49.3 Å². The molecular weight excluding hydrogens is 489 g/mol. The van der Waals surface area contributed by atoms with Gasteiger partial charge in [-0.25, -0.2) is 0 Å². The summed E-state index contributed by atoms with van der Waals surface area (Å²) in [5.41, 5.74) is 0. The maximum absolute atomic E-state index is 0. The zero-order chi connectivity index (χ0) is 0. The van der Waals surface area contributed by atoms with E-state index in [-0.39, 0.29) is 197 Å². The average Bonchev–Trinajstić information content (AvgIpc) is 0. The van der Waals surface area contributed by atoms with Crippen LogP contribution in [0, 0.1) is 0 Å². The van der Waals surface area contributed by atoms with Crippen LogP contribution >= 0.6 is 0 Å². The molecule has 0 aliphatic rings. The van der Waals surface area contributed by atoms with Gasteiger partial charge in [-0.15, -0.1) is 0 Å². The quantitative estimate of drug-likeness (QED) is 0.288. The molecule has 0 heterocycles. The van der Waals surface area contributed by atoms with Gasteiger partial charge in [0.15, 0.2) is 0 Å². The van der Waals surface area contributed by atoms with Crippen LogP contribution in [0.2, 0.25) is 0 Å². The van der Waals surface area contributed by atoms with E-state index >= 15 is 0 Å². The first kappa shape index (κ1) is 480. The molecule has 0 bridgehead atoms. The molecule has 0 aliphatic heterocycles. The summed E-state index contributed by atoms with van der Waals surface area (Å²) in [5.74, 6) is 0. The Balaban J connectivity index is 0. The second-order valence-corrected chi connectivity index (χ2v) is 0. The van der Waals surface area contributed by atoms with Crippen molar-refractivity contribution in [1.29, 1.82) is 0 Å². The van der Waals surface area contributed by atoms with Gasteiger partial charge in [0, 0.05) is 0 Å². The van der Waals surface area contributed by atoms with Crippen molar-refractivity contribution in [2.24, 2.45) is 0 Å². The van der Waals surface area contributed by atoms with Gasteiger partial charge in [-0.1, -0.05) is 0 Å². The molecule has 0 aromatic heterocycles. The van der Waals surface area contributed by atoms with E-state index < -0.39 is 0 Å². The van der Waals surface area contributed by atoms with Crippen LogP contribution in [0.25, 0.3) is 0 Å². The van der Waals surface area contributed by atoms with Crippen molar-refractivity contribution in [2.45, 2.75) is 0 Å². The minimum absolute atomic E-state index is 0. The first-order valence-corrected chi connectivity index (χ1v) is 0. The van der Waals surface area contributed by atoms with Gasteiger partial charge >= 0.3 is 148 Å². The topological polar surface area (TPSA) is 256 Å². The summed E-state index contributed by atoms with van der Waals surface area (Å²) >= 11 is 0. The van der Waals surface area contributed by atoms with Crippen LogP contribution in [-0.4, -0.2) is 0 Å². The molecule has 0 aliphatic carbocycles. The Labute approximate surface area is 194 Å². The van der Waals surface area contributed by atoms with Crippen molar-refractivity contribution < 1.29 is 197 Å². The third-order valence-electron chi connectivity index (χ3n) is 0. The Bertz CT molecular complexity index is 33.0. The first-order chi connectivity index (χ1) is 0. The van der Waals surface area contributed by atoms with Gasteiger partial charge in [-0.2, -0.15) is 0 Å². The van der Waals surface area contributed by atoms with Gasteiger partial charge in [-0.05, 0) is 0 Å². The van der Waals surface area contributed by atoms with Crippen molar-refractivity contribution in [2.75, 3.05) is 0 Å². The van der Waals surface area contributed by atoms with Crippen molar-refractivity contribution in [3.8, 4) is 0 Å². The Morgan fingerprint density at radius 3 is 0.294 bits per heavy atom. The monoisotopic (exact) mass is 488 g/mol. The normalized spacial score (nSPS) is 0. The van der Waals surface area contributed by atoms with Crippen LogP contribution in [0.3, 0.4) is 0 Å². The third kappa shape index (κ3) is 372. The maximum Gasteiger partial charge on any atom is 4.00 e. The third-order valence-corrected chi connectivity index (χ3v) is 0. The molecule has 0 unspecified atom stereocenters. The zero-order valence-corrected chi connectivity index (χ0v) is 15.2. The summed E-state index contributed by atoms with van der Waals surface area (Å²) in [6.07, 6.45) is 0. The molecule has 102 valence electrons. The number of hydrogen-bond donors (Lipinski definition) is 0. The standard InChI is InChI=1S/2Co.2Li.2Ni.9O.2Ti/q2*+2;2*+1;2*+2;9*-2;2*+4. The van der Waals surface area contributed by atoms with Crippen LogP contribution in [0.5, 0.6) is 0 Å². The second kappa shape index (κ2) is 414. The molecule has 17 heavy (non-hydrogen) atoms. The Hall–Kier alpha value is 4.26. The Kier molecular flexibility index (Phi) is 11700. The zero-order valence-electron chi connectivity index (χ0n) is 7.97. The van der Waals surface area contributed by atoms with Gasteiger partial charge in [0.05, 0.1) is 0 Å². The van der Waals surface area contributed by atoms with E-state index in [1.54, 1.807) is 0 Å². The minimum Gasteiger partial charge on any atom is -2.00 e. The van der Waals surface area contributed by atoms with Crippen LogP contribution in [0.15, 0.2) is 0 Å². The first-order valence-electron chi connectivity index (χ1n) is 0. The molecule has 0 fully saturated rings. The van der Waals surface area contributed by atoms with E-state index in [0.717, 1.165) is 0 Å². The van der Waals surface area contributed by atoms with Gasteiger partial charge in [0.2, 0.25) is 0 Å². The molecule has 0 aromatic carbocycles. The summed E-state index contributed by atoms with van der Waals surface area (Å²) in [6.45, 7) is 0. The summed E-state index contributed by atoms with van der Waals surface area (Å²) in [4.78, 5) is 0. The van der Waals surface area contributed by atoms with Gasteiger partial charge in [-0.3, -0.25) is 0 Å². The van der Waals surface area contributed by atoms with E-state index in [4.69, 9.17) is 0 Å². The summed E-state index contributed by atoms with van der Waals surface area (Å²) in [5, 5.41) is 0. The van der Waals surface area contributed by atoms with Crippen LogP contribution in [0.1, 0.15) is 0 Å². The van der Waals surface area contributed by atoms with E-state index in [9.17, 15) is 0 Å². The fourth-order valence-electron chi connectivity index (χ4n) is 0. The minimum atomic E-state index is 0. The van der Waals surface area contributed by atoms with E-state index in [2.05, 4.69) is 0 Å². The molecule has 2 radical (unpaired) electrons. The van der Waals surface area contributed by atoms with Crippen LogP contribution in [-0.2, 0) is 159 Å². The van der Waals surface area contributed by atoms with Gasteiger partial charge in [0.25, 0.3) is 0 Å². The fourth-order valence-corrected chi connectivity index (χ4v) is 0. The summed E-state index contributed by atoms with van der Waals surface area (Å²) < 4.78 is 0. The van der Waals surface area contributed by atoms with Crippen molar-refractivity contribution >= 4 is 0 Å². The largest absolute Gasteiger partial charge is 4.00 e. The SMILES string of the molecule is [Co+2].[Co+2].[Li+].[Li+].[Ni+2].[Ni+2].[O-2].[O-2].[O-2].[O-2].[O-2].[O-2].[O-2].[O-2].[O-2].[Ti+4].[Ti+4]. The molecule has 0 spiro atoms. The molecule has 9 nitrogen and oxygen atoms in total. The van der Waals surface area contributed by atoms with Crippen molar-refractivity contribution in [3.63, 3.8) is 0 Å². The van der Waals surface area contributed by atoms with Crippen LogP contribution in [0.4, 0.5) is 0 Å². The average molecular weight is 489 g/mol. The smallest absolute Gasteiger partial charge is 2.00 e. The maximum atomic E-state index is 0. The summed E-state index contributed by atoms with van der Waals surface area (Å²) in [7, 11) is 0. The molecule has 0 N–H and O–H groups in total. The molecular formula is Co2Li2Ni2O9Ti2. The molecule has 0 rings (SSSR count). The Morgan fingerprint density at radius 2 is 0.294 bits per heavy atom. The molecule has 0 saturated heterocycles. The van der Waals surface area contributed by atoms with E-state index in [1.165, 1.54) is 0 Å². The van der Waals surface area contributed by atoms with E-state index in [1.807, 2.05) is 0 Å². The fraction of sp³-hybridized carbons (Fsp3) is 0.